The Bertz CT molecular complexity index is 2170. The van der Waals surface area contributed by atoms with Gasteiger partial charge in [-0.25, -0.2) is 18.0 Å². The number of benzene rings is 2. The Balaban J connectivity index is 1.19. The number of ether oxygens (including phenoxy) is 2. The van der Waals surface area contributed by atoms with E-state index >= 15 is 0 Å². The van der Waals surface area contributed by atoms with E-state index in [1.165, 1.54) is 10.8 Å². The van der Waals surface area contributed by atoms with Gasteiger partial charge in [0.2, 0.25) is 17.7 Å². The lowest BCUT2D eigenvalue weighted by Crippen LogP contribution is -2.46. The van der Waals surface area contributed by atoms with Crippen LogP contribution >= 0.6 is 11.6 Å². The Labute approximate surface area is 295 Å². The smallest absolute Gasteiger partial charge is 0.413 e. The van der Waals surface area contributed by atoms with Crippen molar-refractivity contribution in [3.8, 4) is 17.3 Å². The molecule has 18 nitrogen and oxygen atoms in total. The van der Waals surface area contributed by atoms with Gasteiger partial charge < -0.3 is 36.0 Å². The van der Waals surface area contributed by atoms with Crippen LogP contribution in [0.25, 0.3) is 17.4 Å². The van der Waals surface area contributed by atoms with Crippen LogP contribution in [0, 0.1) is 5.92 Å². The van der Waals surface area contributed by atoms with Crippen molar-refractivity contribution < 1.29 is 36.7 Å². The predicted octanol–water partition coefficient (Wildman–Crippen LogP) is 3.25. The van der Waals surface area contributed by atoms with Gasteiger partial charge in [0, 0.05) is 12.2 Å². The first-order chi connectivity index (χ1) is 24.2. The first-order valence-electron chi connectivity index (χ1n) is 15.2. The second-order valence-corrected chi connectivity index (χ2v) is 13.4. The normalized spacial score (nSPS) is 12.0. The largest absolute Gasteiger partial charge is 0.467 e. The van der Waals surface area contributed by atoms with Crippen molar-refractivity contribution in [2.75, 3.05) is 29.4 Å². The number of carbonyl (C=O) groups excluding carboxylic acids is 3. The van der Waals surface area contributed by atoms with Crippen LogP contribution in [0.5, 0.6) is 5.75 Å². The van der Waals surface area contributed by atoms with Crippen molar-refractivity contribution in [3.05, 3.63) is 70.9 Å². The van der Waals surface area contributed by atoms with Crippen LogP contribution in [-0.4, -0.2) is 70.6 Å². The van der Waals surface area contributed by atoms with Gasteiger partial charge in [-0.2, -0.15) is 19.5 Å². The molecule has 268 valence electrons. The Morgan fingerprint density at radius 3 is 2.47 bits per heavy atom. The number of esters is 1. The summed E-state index contributed by atoms with van der Waals surface area (Å²) >= 11 is 6.27. The zero-order valence-electron chi connectivity index (χ0n) is 27.4. The second kappa shape index (κ2) is 15.3. The number of methoxy groups -OCH3 is 1. The molecule has 3 aromatic heterocycles. The fourth-order valence-corrected chi connectivity index (χ4v) is 6.16. The number of nitrogens with zero attached hydrogens (tertiary/aromatic N) is 5. The van der Waals surface area contributed by atoms with E-state index in [2.05, 4.69) is 40.1 Å². The molecule has 3 heterocycles. The number of amides is 2. The average Bonchev–Trinajstić information content (AvgIpc) is 3.77. The number of nitrogen functional groups attached to an aromatic ring is 1. The van der Waals surface area contributed by atoms with Crippen molar-refractivity contribution in [1.29, 1.82) is 0 Å². The summed E-state index contributed by atoms with van der Waals surface area (Å²) in [5, 5.41) is 9.31. The Morgan fingerprint density at radius 1 is 1.08 bits per heavy atom. The van der Waals surface area contributed by atoms with E-state index in [1.807, 2.05) is 0 Å². The summed E-state index contributed by atoms with van der Waals surface area (Å²) in [6.07, 6.45) is 1.68. The number of anilines is 3. The molecule has 2 aromatic carbocycles. The fraction of sp³-hybridized carbons (Fsp3) is 0.258. The number of carbonyl (C=O) groups is 3. The highest BCUT2D eigenvalue weighted by atomic mass is 35.5. The van der Waals surface area contributed by atoms with E-state index in [4.69, 9.17) is 32.2 Å². The lowest BCUT2D eigenvalue weighted by Gasteiger charge is -2.20. The molecule has 0 unspecified atom stereocenters. The number of fused-ring (bicyclic) bond motifs is 1. The van der Waals surface area contributed by atoms with Gasteiger partial charge in [0.05, 0.1) is 28.9 Å². The van der Waals surface area contributed by atoms with Crippen molar-refractivity contribution in [1.82, 2.24) is 29.9 Å². The number of hydrogen-bond acceptors (Lipinski definition) is 14. The minimum Gasteiger partial charge on any atom is -0.467 e. The van der Waals surface area contributed by atoms with Gasteiger partial charge in [-0.3, -0.25) is 9.52 Å². The van der Waals surface area contributed by atoms with E-state index in [0.29, 0.717) is 31.0 Å². The summed E-state index contributed by atoms with van der Waals surface area (Å²) in [5.74, 6) is -1.26. The molecule has 0 aliphatic rings. The summed E-state index contributed by atoms with van der Waals surface area (Å²) in [7, 11) is -3.13. The van der Waals surface area contributed by atoms with E-state index in [0.717, 1.165) is 24.8 Å². The number of furan rings is 1. The van der Waals surface area contributed by atoms with Crippen molar-refractivity contribution in [2.24, 2.45) is 11.7 Å². The third kappa shape index (κ3) is 8.62. The Kier molecular flexibility index (Phi) is 10.9. The van der Waals surface area contributed by atoms with E-state index < -0.39 is 55.3 Å². The highest BCUT2D eigenvalue weighted by Gasteiger charge is 2.28. The molecule has 0 spiro atoms. The van der Waals surface area contributed by atoms with Gasteiger partial charge in [-0.05, 0) is 60.7 Å². The van der Waals surface area contributed by atoms with E-state index in [-0.39, 0.29) is 29.3 Å². The van der Waals surface area contributed by atoms with Crippen molar-refractivity contribution in [3.63, 3.8) is 0 Å². The van der Waals surface area contributed by atoms with E-state index in [1.54, 1.807) is 50.2 Å². The zero-order valence-corrected chi connectivity index (χ0v) is 29.0. The summed E-state index contributed by atoms with van der Waals surface area (Å²) in [4.78, 5) is 49.3. The zero-order chi connectivity index (χ0) is 36.9. The average molecular weight is 741 g/mol. The highest BCUT2D eigenvalue weighted by molar-refractivity contribution is 7.92. The first-order valence-corrected chi connectivity index (χ1v) is 17.1. The Hall–Kier alpha value is -5.95. The summed E-state index contributed by atoms with van der Waals surface area (Å²) in [6, 6.07) is 10.9. The lowest BCUT2D eigenvalue weighted by molar-refractivity contribution is -0.144. The molecule has 0 aliphatic heterocycles. The van der Waals surface area contributed by atoms with E-state index in [9.17, 15) is 22.8 Å². The fourth-order valence-electron chi connectivity index (χ4n) is 4.73. The second-order valence-electron chi connectivity index (χ2n) is 11.3. The number of primary amides is 1. The highest BCUT2D eigenvalue weighted by Crippen LogP contribution is 2.33. The molecule has 20 heteroatoms. The van der Waals surface area contributed by atoms with Crippen molar-refractivity contribution >= 4 is 63.0 Å². The summed E-state index contributed by atoms with van der Waals surface area (Å²) < 4.78 is 45.4. The number of aromatic nitrogens is 5. The van der Waals surface area contributed by atoms with Gasteiger partial charge in [-0.1, -0.05) is 37.6 Å². The Morgan fingerprint density at radius 2 is 1.82 bits per heavy atom. The molecule has 0 radical (unpaired) electrons. The maximum absolute atomic E-state index is 13.3. The minimum absolute atomic E-state index is 0.0999. The lowest BCUT2D eigenvalue weighted by atomic mass is 10.1. The number of aryl methyl sites for hydroxylation is 1. The number of nitrogens with two attached hydrogens (primary N) is 2. The third-order valence-electron chi connectivity index (χ3n) is 7.29. The van der Waals surface area contributed by atoms with Crippen LogP contribution in [0.4, 0.5) is 22.4 Å². The van der Waals surface area contributed by atoms with Gasteiger partial charge in [0.25, 0.3) is 21.7 Å². The van der Waals surface area contributed by atoms with Crippen LogP contribution < -0.4 is 31.6 Å². The van der Waals surface area contributed by atoms with Crippen LogP contribution in [0.3, 0.4) is 0 Å². The molecule has 2 amide bonds. The molecule has 5 rings (SSSR count). The predicted molar refractivity (Wildman–Crippen MR) is 185 cm³/mol. The van der Waals surface area contributed by atoms with Gasteiger partial charge in [0.1, 0.15) is 6.04 Å². The first kappa shape index (κ1) is 36.3. The van der Waals surface area contributed by atoms with Gasteiger partial charge >= 0.3 is 12.1 Å². The molecule has 0 saturated carbocycles. The van der Waals surface area contributed by atoms with Gasteiger partial charge in [0.15, 0.2) is 11.5 Å². The van der Waals surface area contributed by atoms with Crippen LogP contribution in [0.1, 0.15) is 36.2 Å². The summed E-state index contributed by atoms with van der Waals surface area (Å²) in [5.41, 5.74) is 12.2. The summed E-state index contributed by atoms with van der Waals surface area (Å²) in [6.45, 7) is 3.83. The minimum atomic E-state index is -4.29. The molecule has 5 aromatic rings. The molecule has 0 saturated heterocycles. The molecule has 0 bridgehead atoms. The maximum atomic E-state index is 13.3. The number of hydrogen-bond donors (Lipinski definition) is 5. The standard InChI is InChI=1S/C31H33ClN10O8S/c1-16(2)23(27(44)48-3)36-31(45)50-24-20(25(33)43)14-19(15-21(24)32)51(46,47)41-18-10-8-17(9-11-18)6-4-12-35-29-38-28(34)42-30(39-29)37-26(40-42)22-7-5-13-49-22/h5,7-11,13-16,23,41H,4,6,12H2,1-3H3,(H2,33,43)(H,36,45)(H3,34,35,37,38,39,40)/t23-/m0/s1. The number of sulfonamides is 1. The quantitative estimate of drug-likeness (QED) is 0.0809. The maximum Gasteiger partial charge on any atom is 0.413 e. The molecular weight excluding hydrogens is 708 g/mol. The molecule has 0 aliphatic carbocycles. The van der Waals surface area contributed by atoms with Crippen LogP contribution in [0.2, 0.25) is 5.02 Å². The molecule has 1 atom stereocenters. The monoisotopic (exact) mass is 740 g/mol. The van der Waals surface area contributed by atoms with Crippen LogP contribution in [-0.2, 0) is 26.0 Å². The topological polar surface area (TPSA) is 261 Å². The SMILES string of the molecule is COC(=O)[C@@H](NC(=O)Oc1c(Cl)cc(S(=O)(=O)Nc2ccc(CCCNc3nc(N)n4nc(-c5ccco5)nc4n3)cc2)cc1C(N)=O)C(C)C. The van der Waals surface area contributed by atoms with Crippen molar-refractivity contribution in [2.45, 2.75) is 37.6 Å². The third-order valence-corrected chi connectivity index (χ3v) is 8.93. The molecule has 7 N–H and O–H groups in total. The molecule has 0 fully saturated rings. The number of rotatable bonds is 14. The number of halogens is 1. The van der Waals surface area contributed by atoms with Gasteiger partial charge in [-0.15, -0.1) is 5.10 Å². The molecular formula is C31H33ClN10O8S. The number of nitrogens with one attached hydrogen (secondary N) is 3. The van der Waals surface area contributed by atoms with Crippen LogP contribution in [0.15, 0.2) is 64.1 Å². The molecule has 51 heavy (non-hydrogen) atoms.